The number of ether oxygens (including phenoxy) is 1. The first-order valence-electron chi connectivity index (χ1n) is 8.75. The molecule has 2 heterocycles. The number of aromatic nitrogens is 4. The second kappa shape index (κ2) is 7.22. The number of rotatable bonds is 5. The molecule has 142 valence electrons. The van der Waals surface area contributed by atoms with Gasteiger partial charge >= 0.3 is 11.7 Å². The Morgan fingerprint density at radius 2 is 1.93 bits per heavy atom. The number of esters is 1. The third-order valence-electron chi connectivity index (χ3n) is 4.17. The van der Waals surface area contributed by atoms with Crippen molar-refractivity contribution >= 4 is 23.3 Å². The van der Waals surface area contributed by atoms with Gasteiger partial charge in [-0.2, -0.15) is 9.67 Å². The van der Waals surface area contributed by atoms with Gasteiger partial charge in [-0.3, -0.25) is 4.79 Å². The molecule has 0 aliphatic carbocycles. The number of carbonyl (C=O) groups is 1. The van der Waals surface area contributed by atoms with Crippen molar-refractivity contribution < 1.29 is 9.53 Å². The summed E-state index contributed by atoms with van der Waals surface area (Å²) in [5.41, 5.74) is 3.52. The molecule has 3 rings (SSSR count). The van der Waals surface area contributed by atoms with Gasteiger partial charge in [0.05, 0.1) is 6.10 Å². The summed E-state index contributed by atoms with van der Waals surface area (Å²) in [4.78, 5) is 28.8. The molecule has 1 aromatic carbocycles. The first-order chi connectivity index (χ1) is 12.7. The fourth-order valence-corrected chi connectivity index (χ4v) is 2.74. The van der Waals surface area contributed by atoms with Gasteiger partial charge in [-0.25, -0.2) is 9.20 Å². The molecular weight excluding hydrogens is 346 g/mol. The SMILES string of the molecule is Cc1ccc(Nc2cc(C)n3c(=O)n(CC(=O)OC(C)C)nc3n2)cc1C. The molecule has 0 spiro atoms. The number of hydrogen-bond donors (Lipinski definition) is 1. The van der Waals surface area contributed by atoms with Crippen molar-refractivity contribution in [2.24, 2.45) is 0 Å². The quantitative estimate of drug-likeness (QED) is 0.695. The second-order valence-corrected chi connectivity index (χ2v) is 6.82. The predicted octanol–water partition coefficient (Wildman–Crippen LogP) is 2.51. The van der Waals surface area contributed by atoms with E-state index in [1.54, 1.807) is 26.8 Å². The average Bonchev–Trinajstić information content (AvgIpc) is 2.86. The van der Waals surface area contributed by atoms with E-state index in [2.05, 4.69) is 22.3 Å². The van der Waals surface area contributed by atoms with Gasteiger partial charge < -0.3 is 10.1 Å². The fraction of sp³-hybridized carbons (Fsp3) is 0.368. The number of benzene rings is 1. The zero-order valence-electron chi connectivity index (χ0n) is 16.1. The molecule has 0 saturated carbocycles. The van der Waals surface area contributed by atoms with Crippen LogP contribution in [0.4, 0.5) is 11.5 Å². The van der Waals surface area contributed by atoms with Crippen LogP contribution in [0.25, 0.3) is 5.78 Å². The van der Waals surface area contributed by atoms with Crippen molar-refractivity contribution in [2.45, 2.75) is 47.3 Å². The number of fused-ring (bicyclic) bond motifs is 1. The molecular formula is C19H23N5O3. The number of aryl methyl sites for hydroxylation is 3. The Morgan fingerprint density at radius 1 is 1.19 bits per heavy atom. The molecule has 1 N–H and O–H groups in total. The van der Waals surface area contributed by atoms with Crippen LogP contribution in [0.1, 0.15) is 30.7 Å². The Balaban J connectivity index is 1.93. The number of carbonyl (C=O) groups excluding carboxylic acids is 1. The maximum Gasteiger partial charge on any atom is 0.352 e. The number of anilines is 2. The van der Waals surface area contributed by atoms with E-state index in [1.165, 1.54) is 15.5 Å². The van der Waals surface area contributed by atoms with Crippen molar-refractivity contribution in [1.29, 1.82) is 0 Å². The fourth-order valence-electron chi connectivity index (χ4n) is 2.74. The molecule has 0 aliphatic rings. The predicted molar refractivity (Wildman–Crippen MR) is 102 cm³/mol. The average molecular weight is 369 g/mol. The highest BCUT2D eigenvalue weighted by molar-refractivity contribution is 5.69. The lowest BCUT2D eigenvalue weighted by molar-refractivity contribution is -0.148. The topological polar surface area (TPSA) is 90.5 Å². The van der Waals surface area contributed by atoms with Crippen LogP contribution >= 0.6 is 0 Å². The maximum absolute atomic E-state index is 12.5. The lowest BCUT2D eigenvalue weighted by Gasteiger charge is -2.09. The van der Waals surface area contributed by atoms with Gasteiger partial charge in [0.15, 0.2) is 0 Å². The third-order valence-corrected chi connectivity index (χ3v) is 4.17. The van der Waals surface area contributed by atoms with Gasteiger partial charge in [0.2, 0.25) is 0 Å². The largest absolute Gasteiger partial charge is 0.462 e. The Hall–Kier alpha value is -3.16. The molecule has 8 nitrogen and oxygen atoms in total. The highest BCUT2D eigenvalue weighted by Gasteiger charge is 2.15. The van der Waals surface area contributed by atoms with Crippen LogP contribution in [0, 0.1) is 20.8 Å². The number of hydrogen-bond acceptors (Lipinski definition) is 6. The summed E-state index contributed by atoms with van der Waals surface area (Å²) in [6.45, 7) is 9.14. The Bertz CT molecular complexity index is 1070. The summed E-state index contributed by atoms with van der Waals surface area (Å²) < 4.78 is 7.52. The first-order valence-corrected chi connectivity index (χ1v) is 8.75. The second-order valence-electron chi connectivity index (χ2n) is 6.82. The van der Waals surface area contributed by atoms with E-state index in [1.807, 2.05) is 25.1 Å². The molecule has 8 heteroatoms. The van der Waals surface area contributed by atoms with Crippen molar-refractivity contribution in [3.05, 3.63) is 51.6 Å². The molecule has 0 amide bonds. The van der Waals surface area contributed by atoms with Crippen LogP contribution in [0.2, 0.25) is 0 Å². The lowest BCUT2D eigenvalue weighted by Crippen LogP contribution is -2.27. The minimum atomic E-state index is -0.512. The summed E-state index contributed by atoms with van der Waals surface area (Å²) in [7, 11) is 0. The molecule has 0 saturated heterocycles. The van der Waals surface area contributed by atoms with Gasteiger partial charge in [0, 0.05) is 17.4 Å². The van der Waals surface area contributed by atoms with Crippen LogP contribution in [-0.4, -0.2) is 31.2 Å². The van der Waals surface area contributed by atoms with E-state index >= 15 is 0 Å². The summed E-state index contributed by atoms with van der Waals surface area (Å²) in [5.74, 6) is 0.287. The standard InChI is InChI=1S/C19H23N5O3/c1-11(2)27-17(25)10-23-19(26)24-14(5)9-16(21-18(24)22-23)20-15-7-6-12(3)13(4)8-15/h6-9,11H,10H2,1-5H3,(H,20,21,22). The molecule has 0 radical (unpaired) electrons. The normalized spacial score (nSPS) is 11.2. The van der Waals surface area contributed by atoms with Gasteiger partial charge in [-0.15, -0.1) is 5.10 Å². The maximum atomic E-state index is 12.5. The van der Waals surface area contributed by atoms with Gasteiger partial charge in [0.25, 0.3) is 5.78 Å². The smallest absolute Gasteiger partial charge is 0.352 e. The third kappa shape index (κ3) is 3.99. The van der Waals surface area contributed by atoms with Crippen molar-refractivity contribution in [1.82, 2.24) is 19.2 Å². The number of nitrogens with one attached hydrogen (secondary N) is 1. The van der Waals surface area contributed by atoms with Crippen LogP contribution < -0.4 is 11.0 Å². The van der Waals surface area contributed by atoms with E-state index in [-0.39, 0.29) is 18.4 Å². The van der Waals surface area contributed by atoms with Crippen LogP contribution in [-0.2, 0) is 16.1 Å². The summed E-state index contributed by atoms with van der Waals surface area (Å²) in [6, 6.07) is 7.80. The van der Waals surface area contributed by atoms with E-state index in [0.717, 1.165) is 10.4 Å². The molecule has 27 heavy (non-hydrogen) atoms. The highest BCUT2D eigenvalue weighted by Crippen LogP contribution is 2.19. The van der Waals surface area contributed by atoms with E-state index in [4.69, 9.17) is 4.74 Å². The van der Waals surface area contributed by atoms with E-state index < -0.39 is 11.7 Å². The van der Waals surface area contributed by atoms with Gasteiger partial charge in [-0.1, -0.05) is 6.07 Å². The molecule has 0 bridgehead atoms. The molecule has 0 atom stereocenters. The Kier molecular flexibility index (Phi) is 4.98. The van der Waals surface area contributed by atoms with E-state index in [9.17, 15) is 9.59 Å². The van der Waals surface area contributed by atoms with Gasteiger partial charge in [-0.05, 0) is 57.9 Å². The van der Waals surface area contributed by atoms with Crippen LogP contribution in [0.5, 0.6) is 0 Å². The molecule has 3 aromatic rings. The van der Waals surface area contributed by atoms with Crippen LogP contribution in [0.3, 0.4) is 0 Å². The van der Waals surface area contributed by atoms with Crippen LogP contribution in [0.15, 0.2) is 29.1 Å². The highest BCUT2D eigenvalue weighted by atomic mass is 16.5. The monoisotopic (exact) mass is 369 g/mol. The lowest BCUT2D eigenvalue weighted by atomic mass is 10.1. The van der Waals surface area contributed by atoms with Gasteiger partial charge in [0.1, 0.15) is 12.4 Å². The minimum absolute atomic E-state index is 0.226. The van der Waals surface area contributed by atoms with Crippen molar-refractivity contribution in [2.75, 3.05) is 5.32 Å². The molecule has 0 aliphatic heterocycles. The van der Waals surface area contributed by atoms with E-state index in [0.29, 0.717) is 11.5 Å². The first kappa shape index (κ1) is 18.6. The Morgan fingerprint density at radius 3 is 2.59 bits per heavy atom. The summed E-state index contributed by atoms with van der Waals surface area (Å²) >= 11 is 0. The van der Waals surface area contributed by atoms with Crippen molar-refractivity contribution in [3.63, 3.8) is 0 Å². The minimum Gasteiger partial charge on any atom is -0.462 e. The van der Waals surface area contributed by atoms with Crippen molar-refractivity contribution in [3.8, 4) is 0 Å². The molecule has 0 fully saturated rings. The zero-order chi connectivity index (χ0) is 19.7. The number of nitrogens with zero attached hydrogens (tertiary/aromatic N) is 4. The zero-order valence-corrected chi connectivity index (χ0v) is 16.1. The summed E-state index contributed by atoms with van der Waals surface area (Å²) in [5, 5.41) is 7.40. The summed E-state index contributed by atoms with van der Waals surface area (Å²) in [6.07, 6.45) is -0.251. The Labute approximate surface area is 156 Å². The molecule has 2 aromatic heterocycles. The molecule has 0 unspecified atom stereocenters.